The van der Waals surface area contributed by atoms with Gasteiger partial charge in [-0.3, -0.25) is 9.67 Å². The van der Waals surface area contributed by atoms with Crippen LogP contribution in [0.2, 0.25) is 5.02 Å². The van der Waals surface area contributed by atoms with Crippen LogP contribution in [-0.4, -0.2) is 26.5 Å². The van der Waals surface area contributed by atoms with Crippen LogP contribution < -0.4 is 5.32 Å². The number of rotatable bonds is 6. The first-order valence-electron chi connectivity index (χ1n) is 6.39. The highest BCUT2D eigenvalue weighted by Gasteiger charge is 2.14. The minimum absolute atomic E-state index is 0.133. The lowest BCUT2D eigenvalue weighted by Crippen LogP contribution is -2.25. The third-order valence-electron chi connectivity index (χ3n) is 2.81. The Morgan fingerprint density at radius 3 is 2.84 bits per heavy atom. The van der Waals surface area contributed by atoms with Gasteiger partial charge in [0.1, 0.15) is 0 Å². The van der Waals surface area contributed by atoms with Gasteiger partial charge < -0.3 is 5.32 Å². The zero-order valence-electron chi connectivity index (χ0n) is 11.2. The molecule has 0 aliphatic carbocycles. The normalized spacial score (nSPS) is 12.6. The molecular weight excluding hydrogens is 262 g/mol. The number of nitrogens with zero attached hydrogens (tertiary/aromatic N) is 4. The first-order chi connectivity index (χ1) is 9.19. The molecule has 0 aromatic carbocycles. The third-order valence-corrected chi connectivity index (χ3v) is 3.03. The van der Waals surface area contributed by atoms with Crippen LogP contribution in [0.25, 0.3) is 0 Å². The summed E-state index contributed by atoms with van der Waals surface area (Å²) >= 11 is 5.88. The summed E-state index contributed by atoms with van der Waals surface area (Å²) in [5.74, 6) is 0. The largest absolute Gasteiger partial charge is 0.308 e. The van der Waals surface area contributed by atoms with Gasteiger partial charge in [-0.05, 0) is 25.1 Å². The van der Waals surface area contributed by atoms with Gasteiger partial charge in [-0.25, -0.2) is 0 Å². The van der Waals surface area contributed by atoms with Gasteiger partial charge in [0.15, 0.2) is 0 Å². The van der Waals surface area contributed by atoms with E-state index in [4.69, 9.17) is 11.6 Å². The van der Waals surface area contributed by atoms with E-state index in [1.165, 1.54) is 0 Å². The van der Waals surface area contributed by atoms with Crippen molar-refractivity contribution in [1.82, 2.24) is 25.3 Å². The van der Waals surface area contributed by atoms with E-state index in [9.17, 15) is 0 Å². The predicted molar refractivity (Wildman–Crippen MR) is 75.0 cm³/mol. The fourth-order valence-corrected chi connectivity index (χ4v) is 2.00. The Morgan fingerprint density at radius 2 is 2.26 bits per heavy atom. The van der Waals surface area contributed by atoms with E-state index in [1.54, 1.807) is 10.9 Å². The Hall–Kier alpha value is -1.46. The van der Waals surface area contributed by atoms with Crippen molar-refractivity contribution >= 4 is 11.6 Å². The van der Waals surface area contributed by atoms with Gasteiger partial charge >= 0.3 is 0 Å². The van der Waals surface area contributed by atoms with Crippen molar-refractivity contribution in [2.45, 2.75) is 25.8 Å². The van der Waals surface area contributed by atoms with Crippen LogP contribution in [0.5, 0.6) is 0 Å². The van der Waals surface area contributed by atoms with Crippen molar-refractivity contribution in [1.29, 1.82) is 0 Å². The van der Waals surface area contributed by atoms with Crippen molar-refractivity contribution in [2.24, 2.45) is 7.05 Å². The Morgan fingerprint density at radius 1 is 1.42 bits per heavy atom. The number of pyridine rings is 1. The molecule has 1 atom stereocenters. The van der Waals surface area contributed by atoms with Crippen LogP contribution in [0.4, 0.5) is 0 Å². The van der Waals surface area contributed by atoms with Gasteiger partial charge in [0, 0.05) is 25.9 Å². The second kappa shape index (κ2) is 6.63. The van der Waals surface area contributed by atoms with Gasteiger partial charge in [-0.2, -0.15) is 0 Å². The summed E-state index contributed by atoms with van der Waals surface area (Å²) in [4.78, 5) is 4.39. The topological polar surface area (TPSA) is 55.6 Å². The highest BCUT2D eigenvalue weighted by atomic mass is 35.5. The highest BCUT2D eigenvalue weighted by molar-refractivity contribution is 6.30. The summed E-state index contributed by atoms with van der Waals surface area (Å²) in [6.45, 7) is 3.08. The summed E-state index contributed by atoms with van der Waals surface area (Å²) < 4.78 is 1.71. The zero-order valence-corrected chi connectivity index (χ0v) is 11.9. The lowest BCUT2D eigenvalue weighted by Gasteiger charge is -2.16. The Kier molecular flexibility index (Phi) is 4.87. The smallest absolute Gasteiger partial charge is 0.0846 e. The van der Waals surface area contributed by atoms with Gasteiger partial charge in [0.05, 0.1) is 22.5 Å². The molecule has 0 saturated carbocycles. The van der Waals surface area contributed by atoms with E-state index in [0.717, 1.165) is 30.8 Å². The second-order valence-electron chi connectivity index (χ2n) is 4.50. The molecule has 19 heavy (non-hydrogen) atoms. The van der Waals surface area contributed by atoms with E-state index in [2.05, 4.69) is 27.5 Å². The van der Waals surface area contributed by atoms with Crippen LogP contribution in [0.1, 0.15) is 30.8 Å². The van der Waals surface area contributed by atoms with Crippen molar-refractivity contribution in [2.75, 3.05) is 6.54 Å². The third kappa shape index (κ3) is 4.01. The molecule has 2 rings (SSSR count). The number of aryl methyl sites for hydroxylation is 1. The number of nitrogens with one attached hydrogen (secondary N) is 1. The second-order valence-corrected chi connectivity index (χ2v) is 4.93. The van der Waals surface area contributed by atoms with E-state index < -0.39 is 0 Å². The molecule has 0 amide bonds. The Bertz CT molecular complexity index is 508. The molecule has 0 bridgehead atoms. The molecule has 0 spiro atoms. The average Bonchev–Trinajstić information content (AvgIpc) is 2.81. The molecule has 2 aromatic heterocycles. The van der Waals surface area contributed by atoms with Crippen LogP contribution in [-0.2, 0) is 13.5 Å². The predicted octanol–water partition coefficient (Wildman–Crippen LogP) is 2.15. The molecule has 6 heteroatoms. The standard InChI is InChI=1S/C13H18ClN5/c1-3-6-15-13(7-11-9-19(2)18-17-11)12-5-4-10(14)8-16-12/h4-5,8-9,13,15H,3,6-7H2,1-2H3. The maximum absolute atomic E-state index is 5.88. The van der Waals surface area contributed by atoms with E-state index in [-0.39, 0.29) is 6.04 Å². The lowest BCUT2D eigenvalue weighted by atomic mass is 10.1. The first kappa shape index (κ1) is 14.0. The maximum atomic E-state index is 5.88. The quantitative estimate of drug-likeness (QED) is 0.880. The van der Waals surface area contributed by atoms with E-state index >= 15 is 0 Å². The molecular formula is C13H18ClN5. The minimum Gasteiger partial charge on any atom is -0.308 e. The van der Waals surface area contributed by atoms with Gasteiger partial charge in [-0.15, -0.1) is 5.10 Å². The molecule has 0 radical (unpaired) electrons. The lowest BCUT2D eigenvalue weighted by molar-refractivity contribution is 0.513. The van der Waals surface area contributed by atoms with Crippen LogP contribution in [0, 0.1) is 0 Å². The Balaban J connectivity index is 2.13. The number of halogens is 1. The van der Waals surface area contributed by atoms with Crippen LogP contribution in [0.15, 0.2) is 24.5 Å². The molecule has 0 aliphatic heterocycles. The first-order valence-corrected chi connectivity index (χ1v) is 6.77. The summed E-state index contributed by atoms with van der Waals surface area (Å²) in [5, 5.41) is 12.2. The van der Waals surface area contributed by atoms with Gasteiger partial charge in [0.2, 0.25) is 0 Å². The summed E-state index contributed by atoms with van der Waals surface area (Å²) in [6.07, 6.45) is 5.44. The monoisotopic (exact) mass is 279 g/mol. The molecule has 0 fully saturated rings. The SMILES string of the molecule is CCCNC(Cc1cn(C)nn1)c1ccc(Cl)cn1. The Labute approximate surface area is 118 Å². The molecule has 5 nitrogen and oxygen atoms in total. The maximum Gasteiger partial charge on any atom is 0.0846 e. The van der Waals surface area contributed by atoms with E-state index in [1.807, 2.05) is 25.4 Å². The van der Waals surface area contributed by atoms with Gasteiger partial charge in [0.25, 0.3) is 0 Å². The fraction of sp³-hybridized carbons (Fsp3) is 0.462. The van der Waals surface area contributed by atoms with Crippen molar-refractivity contribution in [3.05, 3.63) is 40.9 Å². The van der Waals surface area contributed by atoms with Gasteiger partial charge in [-0.1, -0.05) is 23.7 Å². The average molecular weight is 280 g/mol. The van der Waals surface area contributed by atoms with Crippen LogP contribution >= 0.6 is 11.6 Å². The summed E-state index contributed by atoms with van der Waals surface area (Å²) in [5.41, 5.74) is 1.93. The van der Waals surface area contributed by atoms with E-state index in [0.29, 0.717) is 5.02 Å². The molecule has 102 valence electrons. The minimum atomic E-state index is 0.133. The fourth-order valence-electron chi connectivity index (χ4n) is 1.89. The van der Waals surface area contributed by atoms with Crippen molar-refractivity contribution in [3.63, 3.8) is 0 Å². The van der Waals surface area contributed by atoms with Crippen LogP contribution in [0.3, 0.4) is 0 Å². The molecule has 1 unspecified atom stereocenters. The summed E-state index contributed by atoms with van der Waals surface area (Å²) in [7, 11) is 1.87. The number of hydrogen-bond donors (Lipinski definition) is 1. The molecule has 0 aliphatic rings. The molecule has 0 saturated heterocycles. The molecule has 2 aromatic rings. The molecule has 2 heterocycles. The zero-order chi connectivity index (χ0) is 13.7. The highest BCUT2D eigenvalue weighted by Crippen LogP contribution is 2.17. The molecule has 1 N–H and O–H groups in total. The number of hydrogen-bond acceptors (Lipinski definition) is 4. The number of aromatic nitrogens is 4. The van der Waals surface area contributed by atoms with Crippen molar-refractivity contribution in [3.8, 4) is 0 Å². The van der Waals surface area contributed by atoms with Crippen molar-refractivity contribution < 1.29 is 0 Å². The summed E-state index contributed by atoms with van der Waals surface area (Å²) in [6, 6.07) is 3.95.